The predicted molar refractivity (Wildman–Crippen MR) is 65.0 cm³/mol. The number of ether oxygens (including phenoxy) is 2. The largest absolute Gasteiger partial charge is 0.490 e. The van der Waals surface area contributed by atoms with E-state index in [2.05, 4.69) is 15.9 Å². The van der Waals surface area contributed by atoms with E-state index in [9.17, 15) is 5.11 Å². The minimum Gasteiger partial charge on any atom is -0.490 e. The molecule has 1 unspecified atom stereocenters. The van der Waals surface area contributed by atoms with Crippen molar-refractivity contribution in [2.45, 2.75) is 25.9 Å². The van der Waals surface area contributed by atoms with Crippen LogP contribution in [0, 0.1) is 0 Å². The summed E-state index contributed by atoms with van der Waals surface area (Å²) in [4.78, 5) is 0. The third kappa shape index (κ3) is 2.33. The van der Waals surface area contributed by atoms with E-state index in [0.29, 0.717) is 19.6 Å². The average Bonchev–Trinajstić information content (AvgIpc) is 2.51. The molecule has 0 amide bonds. The van der Waals surface area contributed by atoms with E-state index in [1.807, 2.05) is 19.1 Å². The lowest BCUT2D eigenvalue weighted by atomic mass is 10.1. The van der Waals surface area contributed by atoms with Gasteiger partial charge in [-0.25, -0.2) is 0 Å². The van der Waals surface area contributed by atoms with Crippen LogP contribution in [0.3, 0.4) is 0 Å². The Hall–Kier alpha value is -0.740. The normalized spacial score (nSPS) is 16.7. The van der Waals surface area contributed by atoms with Gasteiger partial charge in [-0.1, -0.05) is 22.9 Å². The molecule has 0 saturated heterocycles. The van der Waals surface area contributed by atoms with Gasteiger partial charge in [-0.3, -0.25) is 0 Å². The summed E-state index contributed by atoms with van der Waals surface area (Å²) in [6, 6.07) is 3.73. The van der Waals surface area contributed by atoms with Gasteiger partial charge in [0, 0.05) is 10.9 Å². The second-order valence-corrected chi connectivity index (χ2v) is 4.65. The van der Waals surface area contributed by atoms with Gasteiger partial charge >= 0.3 is 0 Å². The number of aliphatic hydroxyl groups is 1. The lowest BCUT2D eigenvalue weighted by Crippen LogP contribution is -1.99. The standard InChI is InChI=1S/C12H15BrO3/c1-2-10(14)8-6-11-12(7-9(8)13)16-5-3-4-15-11/h6-7,10,14H,2-5H2,1H3. The van der Waals surface area contributed by atoms with Gasteiger partial charge in [0.15, 0.2) is 11.5 Å². The molecule has 16 heavy (non-hydrogen) atoms. The van der Waals surface area contributed by atoms with Crippen LogP contribution in [0.25, 0.3) is 0 Å². The second-order valence-electron chi connectivity index (χ2n) is 3.79. The first-order valence-electron chi connectivity index (χ1n) is 5.49. The zero-order chi connectivity index (χ0) is 11.5. The highest BCUT2D eigenvalue weighted by atomic mass is 79.9. The highest BCUT2D eigenvalue weighted by Crippen LogP contribution is 2.38. The summed E-state index contributed by atoms with van der Waals surface area (Å²) in [5, 5.41) is 9.86. The van der Waals surface area contributed by atoms with Crippen LogP contribution in [-0.2, 0) is 0 Å². The van der Waals surface area contributed by atoms with E-state index in [1.54, 1.807) is 0 Å². The summed E-state index contributed by atoms with van der Waals surface area (Å²) in [5.74, 6) is 1.47. The van der Waals surface area contributed by atoms with Crippen molar-refractivity contribution in [1.29, 1.82) is 0 Å². The Kier molecular flexibility index (Phi) is 3.71. The summed E-state index contributed by atoms with van der Waals surface area (Å²) < 4.78 is 12.0. The van der Waals surface area contributed by atoms with Gasteiger partial charge < -0.3 is 14.6 Å². The van der Waals surface area contributed by atoms with Crippen LogP contribution in [0.5, 0.6) is 11.5 Å². The van der Waals surface area contributed by atoms with E-state index in [0.717, 1.165) is 28.0 Å². The van der Waals surface area contributed by atoms with Crippen molar-refractivity contribution in [1.82, 2.24) is 0 Å². The minimum absolute atomic E-state index is 0.466. The summed E-state index contributed by atoms with van der Waals surface area (Å²) in [5.41, 5.74) is 0.853. The van der Waals surface area contributed by atoms with E-state index in [-0.39, 0.29) is 0 Å². The maximum Gasteiger partial charge on any atom is 0.162 e. The van der Waals surface area contributed by atoms with Crippen molar-refractivity contribution in [3.8, 4) is 11.5 Å². The SMILES string of the molecule is CCC(O)c1cc2c(cc1Br)OCCCO2. The molecule has 1 aromatic carbocycles. The number of hydrogen-bond donors (Lipinski definition) is 1. The van der Waals surface area contributed by atoms with Crippen LogP contribution in [0.15, 0.2) is 16.6 Å². The maximum atomic E-state index is 9.86. The predicted octanol–water partition coefficient (Wildman–Crippen LogP) is 3.05. The maximum absolute atomic E-state index is 9.86. The second kappa shape index (κ2) is 5.06. The molecule has 2 rings (SSSR count). The van der Waals surface area contributed by atoms with Crippen molar-refractivity contribution in [2.24, 2.45) is 0 Å². The third-order valence-electron chi connectivity index (χ3n) is 2.61. The summed E-state index contributed by atoms with van der Waals surface area (Å²) in [6.45, 7) is 3.28. The number of fused-ring (bicyclic) bond motifs is 1. The van der Waals surface area contributed by atoms with Gasteiger partial charge in [0.1, 0.15) is 0 Å². The van der Waals surface area contributed by atoms with Gasteiger partial charge in [-0.15, -0.1) is 0 Å². The third-order valence-corrected chi connectivity index (χ3v) is 3.30. The molecule has 1 aliphatic rings. The quantitative estimate of drug-likeness (QED) is 0.908. The summed E-state index contributed by atoms with van der Waals surface area (Å²) in [6.07, 6.45) is 1.10. The fraction of sp³-hybridized carbons (Fsp3) is 0.500. The zero-order valence-electron chi connectivity index (χ0n) is 9.20. The Morgan fingerprint density at radius 3 is 2.56 bits per heavy atom. The molecule has 1 heterocycles. The molecule has 4 heteroatoms. The van der Waals surface area contributed by atoms with Crippen LogP contribution < -0.4 is 9.47 Å². The summed E-state index contributed by atoms with van der Waals surface area (Å²) >= 11 is 3.45. The smallest absolute Gasteiger partial charge is 0.162 e. The molecule has 0 spiro atoms. The highest BCUT2D eigenvalue weighted by molar-refractivity contribution is 9.10. The molecule has 0 aromatic heterocycles. The lowest BCUT2D eigenvalue weighted by Gasteiger charge is -2.14. The Labute approximate surface area is 104 Å². The van der Waals surface area contributed by atoms with Gasteiger partial charge in [0.25, 0.3) is 0 Å². The monoisotopic (exact) mass is 286 g/mol. The molecule has 1 aliphatic heterocycles. The fourth-order valence-electron chi connectivity index (χ4n) is 1.67. The number of halogens is 1. The molecular formula is C12H15BrO3. The van der Waals surface area contributed by atoms with Crippen LogP contribution >= 0.6 is 15.9 Å². The minimum atomic E-state index is -0.466. The molecule has 88 valence electrons. The first-order valence-corrected chi connectivity index (χ1v) is 6.28. The van der Waals surface area contributed by atoms with Crippen molar-refractivity contribution in [2.75, 3.05) is 13.2 Å². The van der Waals surface area contributed by atoms with Crippen molar-refractivity contribution in [3.05, 3.63) is 22.2 Å². The van der Waals surface area contributed by atoms with E-state index >= 15 is 0 Å². The fourth-order valence-corrected chi connectivity index (χ4v) is 2.26. The molecule has 3 nitrogen and oxygen atoms in total. The molecule has 0 aliphatic carbocycles. The number of rotatable bonds is 2. The first kappa shape index (κ1) is 11.7. The van der Waals surface area contributed by atoms with E-state index < -0.39 is 6.10 Å². The zero-order valence-corrected chi connectivity index (χ0v) is 10.8. The average molecular weight is 287 g/mol. The van der Waals surface area contributed by atoms with Gasteiger partial charge in [-0.2, -0.15) is 0 Å². The topological polar surface area (TPSA) is 38.7 Å². The van der Waals surface area contributed by atoms with Crippen LogP contribution in [0.4, 0.5) is 0 Å². The van der Waals surface area contributed by atoms with Crippen LogP contribution in [-0.4, -0.2) is 18.3 Å². The summed E-state index contributed by atoms with van der Waals surface area (Å²) in [7, 11) is 0. The van der Waals surface area contributed by atoms with Crippen molar-refractivity contribution >= 4 is 15.9 Å². The Morgan fingerprint density at radius 1 is 1.31 bits per heavy atom. The molecule has 0 fully saturated rings. The highest BCUT2D eigenvalue weighted by Gasteiger charge is 2.17. The molecule has 1 aromatic rings. The van der Waals surface area contributed by atoms with E-state index in [1.165, 1.54) is 0 Å². The van der Waals surface area contributed by atoms with E-state index in [4.69, 9.17) is 9.47 Å². The molecule has 1 N–H and O–H groups in total. The van der Waals surface area contributed by atoms with Crippen LogP contribution in [0.2, 0.25) is 0 Å². The van der Waals surface area contributed by atoms with Crippen molar-refractivity contribution < 1.29 is 14.6 Å². The van der Waals surface area contributed by atoms with Gasteiger partial charge in [-0.05, 0) is 24.1 Å². The van der Waals surface area contributed by atoms with Crippen molar-refractivity contribution in [3.63, 3.8) is 0 Å². The molecule has 0 saturated carbocycles. The molecule has 0 bridgehead atoms. The lowest BCUT2D eigenvalue weighted by molar-refractivity contribution is 0.172. The first-order chi connectivity index (χ1) is 7.72. The van der Waals surface area contributed by atoms with Crippen LogP contribution in [0.1, 0.15) is 31.4 Å². The van der Waals surface area contributed by atoms with Gasteiger partial charge in [0.2, 0.25) is 0 Å². The molecular weight excluding hydrogens is 272 g/mol. The Balaban J connectivity index is 2.38. The molecule has 1 atom stereocenters. The Bertz CT molecular complexity index is 379. The number of benzene rings is 1. The Morgan fingerprint density at radius 2 is 1.94 bits per heavy atom. The van der Waals surface area contributed by atoms with Gasteiger partial charge in [0.05, 0.1) is 19.3 Å². The number of hydrogen-bond acceptors (Lipinski definition) is 3. The molecule has 0 radical (unpaired) electrons. The number of aliphatic hydroxyl groups excluding tert-OH is 1.